The highest BCUT2D eigenvalue weighted by molar-refractivity contribution is 6.29. The Morgan fingerprint density at radius 1 is 1.50 bits per heavy atom. The molecule has 1 aromatic heterocycles. The maximum absolute atomic E-state index is 5.65. The molecule has 0 saturated heterocycles. The highest BCUT2D eigenvalue weighted by Crippen LogP contribution is 2.25. The fourth-order valence-corrected chi connectivity index (χ4v) is 0.956. The van der Waals surface area contributed by atoms with Gasteiger partial charge < -0.3 is 9.47 Å². The van der Waals surface area contributed by atoms with Crippen LogP contribution in [0.3, 0.4) is 0 Å². The van der Waals surface area contributed by atoms with Crippen molar-refractivity contribution in [1.82, 2.24) is 4.98 Å². The molecular formula is C8H10ClNO2. The third kappa shape index (κ3) is 2.01. The summed E-state index contributed by atoms with van der Waals surface area (Å²) in [5.41, 5.74) is 0. The average molecular weight is 188 g/mol. The zero-order valence-electron chi connectivity index (χ0n) is 7.00. The zero-order chi connectivity index (χ0) is 8.97. The first-order chi connectivity index (χ1) is 5.77. The van der Waals surface area contributed by atoms with E-state index in [1.54, 1.807) is 12.1 Å². The van der Waals surface area contributed by atoms with Crippen LogP contribution in [0.25, 0.3) is 0 Å². The van der Waals surface area contributed by atoms with Crippen LogP contribution in [-0.2, 0) is 0 Å². The molecule has 4 heteroatoms. The summed E-state index contributed by atoms with van der Waals surface area (Å²) in [6.45, 7) is 2.48. The summed E-state index contributed by atoms with van der Waals surface area (Å²) < 4.78 is 10.2. The highest BCUT2D eigenvalue weighted by atomic mass is 35.5. The Morgan fingerprint density at radius 2 is 2.25 bits per heavy atom. The van der Waals surface area contributed by atoms with Gasteiger partial charge in [0.1, 0.15) is 5.15 Å². The van der Waals surface area contributed by atoms with Crippen molar-refractivity contribution in [2.24, 2.45) is 0 Å². The third-order valence-corrected chi connectivity index (χ3v) is 1.50. The van der Waals surface area contributed by atoms with Gasteiger partial charge in [-0.25, -0.2) is 0 Å². The summed E-state index contributed by atoms with van der Waals surface area (Å²) >= 11 is 5.65. The molecule has 66 valence electrons. The third-order valence-electron chi connectivity index (χ3n) is 1.28. The van der Waals surface area contributed by atoms with Gasteiger partial charge in [0, 0.05) is 0 Å². The Hall–Kier alpha value is -0.960. The Labute approximate surface area is 76.3 Å². The molecule has 12 heavy (non-hydrogen) atoms. The van der Waals surface area contributed by atoms with E-state index < -0.39 is 0 Å². The first-order valence-electron chi connectivity index (χ1n) is 3.61. The van der Waals surface area contributed by atoms with E-state index in [1.165, 1.54) is 7.11 Å². The van der Waals surface area contributed by atoms with Gasteiger partial charge in [-0.2, -0.15) is 4.98 Å². The van der Waals surface area contributed by atoms with Crippen LogP contribution in [0, 0.1) is 0 Å². The Morgan fingerprint density at radius 3 is 2.83 bits per heavy atom. The van der Waals surface area contributed by atoms with Gasteiger partial charge in [-0.05, 0) is 19.1 Å². The van der Waals surface area contributed by atoms with Crippen LogP contribution in [0.15, 0.2) is 12.1 Å². The molecule has 0 aliphatic heterocycles. The van der Waals surface area contributed by atoms with Crippen molar-refractivity contribution in [1.29, 1.82) is 0 Å². The Kier molecular flexibility index (Phi) is 3.17. The number of ether oxygens (including phenoxy) is 2. The molecule has 0 saturated carbocycles. The second kappa shape index (κ2) is 4.16. The normalized spacial score (nSPS) is 9.58. The number of halogens is 1. The molecule has 0 atom stereocenters. The molecule has 0 aliphatic rings. The molecule has 1 heterocycles. The van der Waals surface area contributed by atoms with Crippen molar-refractivity contribution < 1.29 is 9.47 Å². The summed E-state index contributed by atoms with van der Waals surface area (Å²) in [6, 6.07) is 3.40. The van der Waals surface area contributed by atoms with Crippen LogP contribution < -0.4 is 9.47 Å². The van der Waals surface area contributed by atoms with E-state index in [4.69, 9.17) is 21.1 Å². The summed E-state index contributed by atoms with van der Waals surface area (Å²) in [5, 5.41) is 0.398. The van der Waals surface area contributed by atoms with E-state index >= 15 is 0 Å². The zero-order valence-corrected chi connectivity index (χ0v) is 7.76. The smallest absolute Gasteiger partial charge is 0.258 e. The van der Waals surface area contributed by atoms with Crippen LogP contribution in [0.1, 0.15) is 6.92 Å². The van der Waals surface area contributed by atoms with Crippen molar-refractivity contribution >= 4 is 11.6 Å². The van der Waals surface area contributed by atoms with Crippen molar-refractivity contribution in [3.63, 3.8) is 0 Å². The molecule has 0 aromatic carbocycles. The minimum Gasteiger partial charge on any atom is -0.488 e. The van der Waals surface area contributed by atoms with Crippen LogP contribution in [0.5, 0.6) is 11.6 Å². The van der Waals surface area contributed by atoms with Crippen molar-refractivity contribution in [2.75, 3.05) is 13.7 Å². The Bertz CT molecular complexity index is 265. The van der Waals surface area contributed by atoms with Gasteiger partial charge in [0.15, 0.2) is 5.75 Å². The van der Waals surface area contributed by atoms with E-state index in [1.807, 2.05) is 6.92 Å². The van der Waals surface area contributed by atoms with E-state index in [0.29, 0.717) is 23.4 Å². The SMILES string of the molecule is CCOc1ccc(Cl)nc1OC. The van der Waals surface area contributed by atoms with Crippen LogP contribution in [0.2, 0.25) is 5.15 Å². The van der Waals surface area contributed by atoms with Crippen LogP contribution in [0.4, 0.5) is 0 Å². The van der Waals surface area contributed by atoms with E-state index in [0.717, 1.165) is 0 Å². The molecule has 1 aromatic rings. The number of nitrogens with zero attached hydrogens (tertiary/aromatic N) is 1. The van der Waals surface area contributed by atoms with Gasteiger partial charge in [0.2, 0.25) is 0 Å². The molecular weight excluding hydrogens is 178 g/mol. The predicted molar refractivity (Wildman–Crippen MR) is 47.0 cm³/mol. The number of hydrogen-bond acceptors (Lipinski definition) is 3. The van der Waals surface area contributed by atoms with E-state index in [2.05, 4.69) is 4.98 Å². The monoisotopic (exact) mass is 187 g/mol. The van der Waals surface area contributed by atoms with Crippen molar-refractivity contribution in [3.8, 4) is 11.6 Å². The molecule has 0 unspecified atom stereocenters. The number of methoxy groups -OCH3 is 1. The lowest BCUT2D eigenvalue weighted by Crippen LogP contribution is -1.96. The summed E-state index contributed by atoms with van der Waals surface area (Å²) in [4.78, 5) is 3.93. The molecule has 0 aliphatic carbocycles. The number of hydrogen-bond donors (Lipinski definition) is 0. The predicted octanol–water partition coefficient (Wildman–Crippen LogP) is 2.14. The lowest BCUT2D eigenvalue weighted by Gasteiger charge is -2.06. The van der Waals surface area contributed by atoms with Gasteiger partial charge in [0.25, 0.3) is 5.88 Å². The van der Waals surface area contributed by atoms with Gasteiger partial charge in [-0.3, -0.25) is 0 Å². The van der Waals surface area contributed by atoms with E-state index in [-0.39, 0.29) is 0 Å². The maximum Gasteiger partial charge on any atom is 0.258 e. The topological polar surface area (TPSA) is 31.4 Å². The molecule has 1 rings (SSSR count). The minimum absolute atomic E-state index is 0.398. The molecule has 0 spiro atoms. The van der Waals surface area contributed by atoms with Crippen LogP contribution in [-0.4, -0.2) is 18.7 Å². The first kappa shape index (κ1) is 9.13. The number of rotatable bonds is 3. The molecule has 3 nitrogen and oxygen atoms in total. The van der Waals surface area contributed by atoms with Gasteiger partial charge in [-0.1, -0.05) is 11.6 Å². The fraction of sp³-hybridized carbons (Fsp3) is 0.375. The van der Waals surface area contributed by atoms with Gasteiger partial charge in [-0.15, -0.1) is 0 Å². The van der Waals surface area contributed by atoms with Crippen LogP contribution >= 0.6 is 11.6 Å². The van der Waals surface area contributed by atoms with Crippen molar-refractivity contribution in [2.45, 2.75) is 6.92 Å². The molecule has 0 bridgehead atoms. The summed E-state index contributed by atoms with van der Waals surface area (Å²) in [7, 11) is 1.53. The summed E-state index contributed by atoms with van der Waals surface area (Å²) in [6.07, 6.45) is 0. The molecule has 0 amide bonds. The largest absolute Gasteiger partial charge is 0.488 e. The van der Waals surface area contributed by atoms with Gasteiger partial charge >= 0.3 is 0 Å². The number of pyridine rings is 1. The second-order valence-corrected chi connectivity index (χ2v) is 2.46. The summed E-state index contributed by atoms with van der Waals surface area (Å²) in [5.74, 6) is 1.04. The molecule has 0 fully saturated rings. The average Bonchev–Trinajstić information content (AvgIpc) is 2.08. The lowest BCUT2D eigenvalue weighted by atomic mass is 10.4. The first-order valence-corrected chi connectivity index (χ1v) is 3.99. The quantitative estimate of drug-likeness (QED) is 0.680. The molecule has 0 radical (unpaired) electrons. The maximum atomic E-state index is 5.65. The molecule has 0 N–H and O–H groups in total. The standard InChI is InChI=1S/C8H10ClNO2/c1-3-12-6-4-5-7(9)10-8(6)11-2/h4-5H,3H2,1-2H3. The van der Waals surface area contributed by atoms with Gasteiger partial charge in [0.05, 0.1) is 13.7 Å². The Balaban J connectivity index is 2.94. The van der Waals surface area contributed by atoms with Crippen molar-refractivity contribution in [3.05, 3.63) is 17.3 Å². The fourth-order valence-electron chi connectivity index (χ4n) is 0.817. The van der Waals surface area contributed by atoms with E-state index in [9.17, 15) is 0 Å². The minimum atomic E-state index is 0.398. The highest BCUT2D eigenvalue weighted by Gasteiger charge is 2.04. The lowest BCUT2D eigenvalue weighted by molar-refractivity contribution is 0.304. The number of aromatic nitrogens is 1. The second-order valence-electron chi connectivity index (χ2n) is 2.07.